The number of carbonyl (C=O) groups excluding carboxylic acids is 1. The van der Waals surface area contributed by atoms with Gasteiger partial charge in [-0.15, -0.1) is 0 Å². The van der Waals surface area contributed by atoms with Gasteiger partial charge in [0.2, 0.25) is 0 Å². The second-order valence-electron chi connectivity index (χ2n) is 5.56. The van der Waals surface area contributed by atoms with Crippen LogP contribution in [0.1, 0.15) is 42.1 Å². The van der Waals surface area contributed by atoms with Crippen LogP contribution in [0.4, 0.5) is 5.69 Å². The largest absolute Gasteiger partial charge is 0.480 e. The number of likely N-dealkylation sites (tertiary alicyclic amines) is 1. The number of anilines is 1. The van der Waals surface area contributed by atoms with Crippen LogP contribution in [0.2, 0.25) is 0 Å². The molecule has 1 fully saturated rings. The Morgan fingerprint density at radius 1 is 1.35 bits per heavy atom. The number of rotatable bonds is 2. The van der Waals surface area contributed by atoms with Crippen molar-refractivity contribution in [2.24, 2.45) is 0 Å². The monoisotopic (exact) mass is 276 g/mol. The maximum atomic E-state index is 12.6. The highest BCUT2D eigenvalue weighted by Gasteiger charge is 2.44. The van der Waals surface area contributed by atoms with E-state index in [4.69, 9.17) is 5.73 Å². The smallest absolute Gasteiger partial charge is 0.329 e. The summed E-state index contributed by atoms with van der Waals surface area (Å²) >= 11 is 0. The molecule has 5 heteroatoms. The maximum absolute atomic E-state index is 12.6. The first-order chi connectivity index (χ1) is 9.36. The molecule has 1 aliphatic heterocycles. The zero-order chi connectivity index (χ0) is 14.9. The van der Waals surface area contributed by atoms with Crippen LogP contribution in [0, 0.1) is 6.92 Å². The lowest BCUT2D eigenvalue weighted by molar-refractivity contribution is -0.150. The first-order valence-electron chi connectivity index (χ1n) is 6.78. The number of amides is 1. The van der Waals surface area contributed by atoms with Gasteiger partial charge in [0.15, 0.2) is 0 Å². The molecule has 2 rings (SSSR count). The minimum absolute atomic E-state index is 0.263. The van der Waals surface area contributed by atoms with E-state index in [0.29, 0.717) is 24.2 Å². The van der Waals surface area contributed by atoms with Crippen molar-refractivity contribution in [3.05, 3.63) is 29.3 Å². The summed E-state index contributed by atoms with van der Waals surface area (Å²) < 4.78 is 0. The second kappa shape index (κ2) is 5.15. The fourth-order valence-electron chi connectivity index (χ4n) is 2.60. The zero-order valence-electron chi connectivity index (χ0n) is 11.8. The quantitative estimate of drug-likeness (QED) is 0.810. The van der Waals surface area contributed by atoms with Gasteiger partial charge in [-0.3, -0.25) is 4.79 Å². The highest BCUT2D eigenvalue weighted by atomic mass is 16.4. The number of nitrogen functional groups attached to an aromatic ring is 1. The number of nitrogens with zero attached hydrogens (tertiary/aromatic N) is 1. The summed E-state index contributed by atoms with van der Waals surface area (Å²) in [4.78, 5) is 25.6. The Kier molecular flexibility index (Phi) is 3.70. The molecule has 0 aliphatic carbocycles. The molecular weight excluding hydrogens is 256 g/mol. The van der Waals surface area contributed by atoms with Gasteiger partial charge in [0, 0.05) is 17.8 Å². The van der Waals surface area contributed by atoms with Crippen molar-refractivity contribution in [2.75, 3.05) is 12.3 Å². The number of hydrogen-bond donors (Lipinski definition) is 2. The van der Waals surface area contributed by atoms with E-state index in [-0.39, 0.29) is 5.91 Å². The van der Waals surface area contributed by atoms with Crippen LogP contribution in [0.3, 0.4) is 0 Å². The average molecular weight is 276 g/mol. The predicted molar refractivity (Wildman–Crippen MR) is 76.5 cm³/mol. The van der Waals surface area contributed by atoms with Gasteiger partial charge in [-0.05, 0) is 50.8 Å². The normalized spacial score (nSPS) is 22.6. The van der Waals surface area contributed by atoms with E-state index in [2.05, 4.69) is 0 Å². The van der Waals surface area contributed by atoms with Crippen molar-refractivity contribution in [2.45, 2.75) is 38.6 Å². The van der Waals surface area contributed by atoms with E-state index in [9.17, 15) is 14.7 Å². The van der Waals surface area contributed by atoms with Crippen molar-refractivity contribution in [3.63, 3.8) is 0 Å². The van der Waals surface area contributed by atoms with Gasteiger partial charge in [0.05, 0.1) is 0 Å². The molecule has 1 aromatic carbocycles. The molecule has 1 saturated heterocycles. The van der Waals surface area contributed by atoms with Crippen molar-refractivity contribution >= 4 is 17.6 Å². The lowest BCUT2D eigenvalue weighted by Crippen LogP contribution is -2.57. The van der Waals surface area contributed by atoms with E-state index < -0.39 is 11.5 Å². The molecule has 0 radical (unpaired) electrons. The van der Waals surface area contributed by atoms with Crippen LogP contribution in [0.5, 0.6) is 0 Å². The van der Waals surface area contributed by atoms with Gasteiger partial charge >= 0.3 is 5.97 Å². The van der Waals surface area contributed by atoms with Crippen LogP contribution in [0.15, 0.2) is 18.2 Å². The Hall–Kier alpha value is -2.04. The van der Waals surface area contributed by atoms with Gasteiger partial charge in [0.1, 0.15) is 5.54 Å². The van der Waals surface area contributed by atoms with E-state index in [0.717, 1.165) is 18.4 Å². The number of carbonyl (C=O) groups is 2. The summed E-state index contributed by atoms with van der Waals surface area (Å²) in [5.74, 6) is -1.22. The highest BCUT2D eigenvalue weighted by Crippen LogP contribution is 2.30. The third kappa shape index (κ3) is 2.35. The number of carboxylic acids is 1. The van der Waals surface area contributed by atoms with Crippen LogP contribution < -0.4 is 5.73 Å². The summed E-state index contributed by atoms with van der Waals surface area (Å²) in [6.45, 7) is 3.95. The third-order valence-electron chi connectivity index (χ3n) is 4.12. The molecule has 1 unspecified atom stereocenters. The van der Waals surface area contributed by atoms with E-state index in [1.807, 2.05) is 6.92 Å². The lowest BCUT2D eigenvalue weighted by Gasteiger charge is -2.41. The predicted octanol–water partition coefficient (Wildman–Crippen LogP) is 2.05. The molecule has 20 heavy (non-hydrogen) atoms. The Labute approximate surface area is 118 Å². The number of aryl methyl sites for hydroxylation is 1. The average Bonchev–Trinajstić information content (AvgIpc) is 2.41. The summed E-state index contributed by atoms with van der Waals surface area (Å²) in [6.07, 6.45) is 2.13. The molecule has 0 spiro atoms. The molecule has 1 heterocycles. The minimum atomic E-state index is -1.13. The van der Waals surface area contributed by atoms with E-state index in [1.54, 1.807) is 25.1 Å². The third-order valence-corrected chi connectivity index (χ3v) is 4.12. The SMILES string of the molecule is Cc1ccc(C(=O)N2CCCCC2(C)C(=O)O)cc1N. The summed E-state index contributed by atoms with van der Waals surface area (Å²) in [6, 6.07) is 5.10. The molecule has 1 atom stereocenters. The molecule has 3 N–H and O–H groups in total. The summed E-state index contributed by atoms with van der Waals surface area (Å²) in [5, 5.41) is 9.44. The number of benzene rings is 1. The van der Waals surface area contributed by atoms with Crippen LogP contribution in [0.25, 0.3) is 0 Å². The van der Waals surface area contributed by atoms with Crippen molar-refractivity contribution in [1.29, 1.82) is 0 Å². The van der Waals surface area contributed by atoms with Crippen molar-refractivity contribution < 1.29 is 14.7 Å². The Balaban J connectivity index is 2.35. The molecular formula is C15H20N2O3. The number of nitrogens with two attached hydrogens (primary N) is 1. The Bertz CT molecular complexity index is 556. The van der Waals surface area contributed by atoms with Gasteiger partial charge in [-0.2, -0.15) is 0 Å². The molecule has 1 aliphatic rings. The molecule has 1 amide bonds. The van der Waals surface area contributed by atoms with Gasteiger partial charge < -0.3 is 15.7 Å². The molecule has 108 valence electrons. The fraction of sp³-hybridized carbons (Fsp3) is 0.467. The summed E-state index contributed by atoms with van der Waals surface area (Å²) in [7, 11) is 0. The van der Waals surface area contributed by atoms with Gasteiger partial charge in [0.25, 0.3) is 5.91 Å². The topological polar surface area (TPSA) is 83.6 Å². The number of hydrogen-bond acceptors (Lipinski definition) is 3. The number of carboxylic acid groups (broad SMARTS) is 1. The zero-order valence-corrected chi connectivity index (χ0v) is 11.8. The molecule has 1 aromatic rings. The van der Waals surface area contributed by atoms with E-state index >= 15 is 0 Å². The standard InChI is InChI=1S/C15H20N2O3/c1-10-5-6-11(9-12(10)16)13(18)17-8-4-3-7-15(17,2)14(19)20/h5-6,9H,3-4,7-8,16H2,1-2H3,(H,19,20). The van der Waals surface area contributed by atoms with Crippen LogP contribution >= 0.6 is 0 Å². The van der Waals surface area contributed by atoms with Gasteiger partial charge in [-0.25, -0.2) is 4.79 Å². The molecule has 5 nitrogen and oxygen atoms in total. The first-order valence-corrected chi connectivity index (χ1v) is 6.78. The molecule has 0 aromatic heterocycles. The molecule has 0 bridgehead atoms. The first kappa shape index (κ1) is 14.4. The van der Waals surface area contributed by atoms with E-state index in [1.165, 1.54) is 4.90 Å². The van der Waals surface area contributed by atoms with Crippen molar-refractivity contribution in [1.82, 2.24) is 4.90 Å². The number of aliphatic carboxylic acids is 1. The summed E-state index contributed by atoms with van der Waals surface area (Å²) in [5.41, 5.74) is 6.60. The van der Waals surface area contributed by atoms with Crippen LogP contribution in [-0.4, -0.2) is 34.0 Å². The Morgan fingerprint density at radius 3 is 2.65 bits per heavy atom. The lowest BCUT2D eigenvalue weighted by atomic mass is 9.87. The second-order valence-corrected chi connectivity index (χ2v) is 5.56. The maximum Gasteiger partial charge on any atom is 0.329 e. The fourth-order valence-corrected chi connectivity index (χ4v) is 2.60. The minimum Gasteiger partial charge on any atom is -0.480 e. The number of piperidine rings is 1. The highest BCUT2D eigenvalue weighted by molar-refractivity contribution is 5.98. The molecule has 0 saturated carbocycles. The van der Waals surface area contributed by atoms with Crippen molar-refractivity contribution in [3.8, 4) is 0 Å². The van der Waals surface area contributed by atoms with Crippen LogP contribution in [-0.2, 0) is 4.79 Å². The Morgan fingerprint density at radius 2 is 2.05 bits per heavy atom. The van der Waals surface area contributed by atoms with Gasteiger partial charge in [-0.1, -0.05) is 6.07 Å².